The molecule has 0 spiro atoms. The van der Waals surface area contributed by atoms with Crippen molar-refractivity contribution in [2.45, 2.75) is 96.8 Å². The molecule has 2 nitrogen and oxygen atoms in total. The van der Waals surface area contributed by atoms with Crippen molar-refractivity contribution in [2.75, 3.05) is 0 Å². The summed E-state index contributed by atoms with van der Waals surface area (Å²) in [7, 11) is 0. The van der Waals surface area contributed by atoms with E-state index in [2.05, 4.69) is 13.5 Å². The van der Waals surface area contributed by atoms with Crippen LogP contribution in [0.1, 0.15) is 96.8 Å². The van der Waals surface area contributed by atoms with Gasteiger partial charge in [0.05, 0.1) is 0 Å². The zero-order chi connectivity index (χ0) is 15.1. The van der Waals surface area contributed by atoms with Crippen LogP contribution in [-0.2, 0) is 4.79 Å². The van der Waals surface area contributed by atoms with Gasteiger partial charge in [0.2, 0.25) is 0 Å². The Morgan fingerprint density at radius 2 is 1.15 bits per heavy atom. The van der Waals surface area contributed by atoms with Gasteiger partial charge in [-0.05, 0) is 25.7 Å². The lowest BCUT2D eigenvalue weighted by Gasteiger charge is -2.04. The van der Waals surface area contributed by atoms with Gasteiger partial charge in [-0.25, -0.2) is 0 Å². The van der Waals surface area contributed by atoms with Gasteiger partial charge in [-0.2, -0.15) is 0 Å². The van der Waals surface area contributed by atoms with Gasteiger partial charge in [-0.3, -0.25) is 4.79 Å². The number of hydrogen-bond donors (Lipinski definition) is 1. The van der Waals surface area contributed by atoms with E-state index in [1.54, 1.807) is 0 Å². The van der Waals surface area contributed by atoms with E-state index in [4.69, 9.17) is 5.11 Å². The second-order valence-corrected chi connectivity index (χ2v) is 5.93. The highest BCUT2D eigenvalue weighted by Gasteiger charge is 1.97. The first-order chi connectivity index (χ1) is 9.66. The maximum absolute atomic E-state index is 10.3. The Hall–Kier alpha value is -0.790. The second-order valence-electron chi connectivity index (χ2n) is 5.93. The monoisotopic (exact) mass is 282 g/mol. The maximum Gasteiger partial charge on any atom is 0.303 e. The molecule has 0 fully saturated rings. The molecule has 0 aliphatic carbocycles. The average Bonchev–Trinajstić information content (AvgIpc) is 2.40. The lowest BCUT2D eigenvalue weighted by molar-refractivity contribution is -0.137. The van der Waals surface area contributed by atoms with Crippen LogP contribution >= 0.6 is 0 Å². The third-order valence-corrected chi connectivity index (χ3v) is 3.77. The molecule has 0 aromatic carbocycles. The van der Waals surface area contributed by atoms with Gasteiger partial charge in [-0.1, -0.05) is 76.9 Å². The van der Waals surface area contributed by atoms with Gasteiger partial charge in [0.15, 0.2) is 0 Å². The molecule has 0 aromatic rings. The first-order valence-electron chi connectivity index (χ1n) is 8.55. The summed E-state index contributed by atoms with van der Waals surface area (Å²) in [5, 5.41) is 8.52. The molecule has 0 rings (SSSR count). The van der Waals surface area contributed by atoms with Crippen molar-refractivity contribution < 1.29 is 9.90 Å². The van der Waals surface area contributed by atoms with Crippen molar-refractivity contribution in [1.82, 2.24) is 0 Å². The minimum atomic E-state index is -0.661. The highest BCUT2D eigenvalue weighted by Crippen LogP contribution is 2.15. The Balaban J connectivity index is 3.06. The summed E-state index contributed by atoms with van der Waals surface area (Å²) in [6.07, 6.45) is 16.4. The number of allylic oxidation sites excluding steroid dienone is 1. The minimum absolute atomic E-state index is 0.337. The number of carboxylic acid groups (broad SMARTS) is 1. The van der Waals surface area contributed by atoms with E-state index in [9.17, 15) is 4.79 Å². The molecule has 0 aliphatic heterocycles. The fraction of sp³-hybridized carbons (Fsp3) is 0.833. The first kappa shape index (κ1) is 19.2. The lowest BCUT2D eigenvalue weighted by Crippen LogP contribution is -1.93. The summed E-state index contributed by atoms with van der Waals surface area (Å²) in [4.78, 5) is 10.3. The second kappa shape index (κ2) is 14.6. The number of carboxylic acids is 1. The Bertz CT molecular complexity index is 246. The fourth-order valence-corrected chi connectivity index (χ4v) is 2.54. The zero-order valence-corrected chi connectivity index (χ0v) is 13.5. The average molecular weight is 282 g/mol. The van der Waals surface area contributed by atoms with Gasteiger partial charge >= 0.3 is 5.97 Å². The van der Waals surface area contributed by atoms with Crippen LogP contribution in [0.5, 0.6) is 0 Å². The number of rotatable bonds is 15. The van der Waals surface area contributed by atoms with Crippen molar-refractivity contribution in [3.63, 3.8) is 0 Å². The Morgan fingerprint density at radius 3 is 1.55 bits per heavy atom. The lowest BCUT2D eigenvalue weighted by atomic mass is 10.0. The third-order valence-electron chi connectivity index (χ3n) is 3.77. The highest BCUT2D eigenvalue weighted by molar-refractivity contribution is 5.66. The largest absolute Gasteiger partial charge is 0.481 e. The summed E-state index contributed by atoms with van der Waals surface area (Å²) in [5.41, 5.74) is 1.42. The molecule has 0 radical (unpaired) electrons. The minimum Gasteiger partial charge on any atom is -0.481 e. The van der Waals surface area contributed by atoms with Gasteiger partial charge in [-0.15, -0.1) is 0 Å². The molecule has 1 N–H and O–H groups in total. The Kier molecular flexibility index (Phi) is 14.0. The smallest absolute Gasteiger partial charge is 0.303 e. The molecule has 0 heterocycles. The summed E-state index contributed by atoms with van der Waals surface area (Å²) < 4.78 is 0. The van der Waals surface area contributed by atoms with Crippen LogP contribution in [0, 0.1) is 0 Å². The number of carbonyl (C=O) groups is 1. The van der Waals surface area contributed by atoms with E-state index in [-0.39, 0.29) is 0 Å². The molecule has 0 saturated carbocycles. The standard InChI is InChI=1S/C18H34O2/c1-3-14-17(2)15-12-10-8-6-4-5-7-9-11-13-16-18(19)20/h2-16H2,1H3,(H,19,20). The predicted octanol–water partition coefficient (Wildman–Crippen LogP) is 6.11. The number of hydrogen-bond acceptors (Lipinski definition) is 1. The van der Waals surface area contributed by atoms with Crippen LogP contribution in [0.15, 0.2) is 12.2 Å². The van der Waals surface area contributed by atoms with Crippen molar-refractivity contribution >= 4 is 5.97 Å². The maximum atomic E-state index is 10.3. The summed E-state index contributed by atoms with van der Waals surface area (Å²) in [5.74, 6) is -0.661. The van der Waals surface area contributed by atoms with E-state index < -0.39 is 5.97 Å². The van der Waals surface area contributed by atoms with Crippen LogP contribution in [0.2, 0.25) is 0 Å². The van der Waals surface area contributed by atoms with Crippen LogP contribution in [-0.4, -0.2) is 11.1 Å². The van der Waals surface area contributed by atoms with Gasteiger partial charge < -0.3 is 5.11 Å². The van der Waals surface area contributed by atoms with Crippen LogP contribution in [0.3, 0.4) is 0 Å². The normalized spacial score (nSPS) is 10.7. The van der Waals surface area contributed by atoms with Crippen LogP contribution < -0.4 is 0 Å². The molecule has 0 atom stereocenters. The summed E-state index contributed by atoms with van der Waals surface area (Å²) in [6, 6.07) is 0. The van der Waals surface area contributed by atoms with Crippen LogP contribution in [0.25, 0.3) is 0 Å². The van der Waals surface area contributed by atoms with E-state index in [0.29, 0.717) is 6.42 Å². The molecule has 20 heavy (non-hydrogen) atoms. The molecular formula is C18H34O2. The van der Waals surface area contributed by atoms with E-state index in [0.717, 1.165) is 12.8 Å². The highest BCUT2D eigenvalue weighted by atomic mass is 16.4. The molecule has 0 aliphatic rings. The van der Waals surface area contributed by atoms with E-state index in [1.807, 2.05) is 0 Å². The third kappa shape index (κ3) is 15.3. The van der Waals surface area contributed by atoms with Crippen molar-refractivity contribution in [3.8, 4) is 0 Å². The van der Waals surface area contributed by atoms with Crippen molar-refractivity contribution in [1.29, 1.82) is 0 Å². The predicted molar refractivity (Wildman–Crippen MR) is 87.1 cm³/mol. The van der Waals surface area contributed by atoms with Gasteiger partial charge in [0.1, 0.15) is 0 Å². The Labute approximate surface area is 125 Å². The Morgan fingerprint density at radius 1 is 0.750 bits per heavy atom. The zero-order valence-electron chi connectivity index (χ0n) is 13.5. The van der Waals surface area contributed by atoms with Crippen LogP contribution in [0.4, 0.5) is 0 Å². The van der Waals surface area contributed by atoms with Gasteiger partial charge in [0.25, 0.3) is 0 Å². The molecule has 2 heteroatoms. The SMILES string of the molecule is C=C(CCC)CCCCCCCCCCCCC(=O)O. The molecule has 0 saturated heterocycles. The van der Waals surface area contributed by atoms with E-state index >= 15 is 0 Å². The molecule has 0 aromatic heterocycles. The van der Waals surface area contributed by atoms with Gasteiger partial charge in [0, 0.05) is 6.42 Å². The number of aliphatic carboxylic acids is 1. The van der Waals surface area contributed by atoms with Crippen molar-refractivity contribution in [2.24, 2.45) is 0 Å². The fourth-order valence-electron chi connectivity index (χ4n) is 2.54. The topological polar surface area (TPSA) is 37.3 Å². The summed E-state index contributed by atoms with van der Waals surface area (Å²) in [6.45, 7) is 6.32. The molecule has 118 valence electrons. The quantitative estimate of drug-likeness (QED) is 0.291. The van der Waals surface area contributed by atoms with E-state index in [1.165, 1.54) is 76.2 Å². The molecule has 0 unspecified atom stereocenters. The first-order valence-corrected chi connectivity index (χ1v) is 8.55. The molecule has 0 bridgehead atoms. The molecule has 0 amide bonds. The summed E-state index contributed by atoms with van der Waals surface area (Å²) >= 11 is 0. The number of unbranched alkanes of at least 4 members (excludes halogenated alkanes) is 9. The van der Waals surface area contributed by atoms with Crippen molar-refractivity contribution in [3.05, 3.63) is 12.2 Å². The molecular weight excluding hydrogens is 248 g/mol.